The second-order valence-electron chi connectivity index (χ2n) is 3.61. The molecule has 0 amide bonds. The minimum atomic E-state index is -0.585. The molecule has 5 heteroatoms. The van der Waals surface area contributed by atoms with Crippen LogP contribution in [0.3, 0.4) is 0 Å². The number of hydrogen-bond acceptors (Lipinski definition) is 5. The first-order chi connectivity index (χ1) is 8.63. The second kappa shape index (κ2) is 5.10. The smallest absolute Gasteiger partial charge is 0.358 e. The van der Waals surface area contributed by atoms with Crippen LogP contribution in [0.4, 0.5) is 0 Å². The number of carbonyl (C=O) groups is 2. The van der Waals surface area contributed by atoms with E-state index in [1.165, 1.54) is 25.4 Å². The Labute approximate surface area is 108 Å². The van der Waals surface area contributed by atoms with E-state index in [0.29, 0.717) is 9.88 Å². The summed E-state index contributed by atoms with van der Waals surface area (Å²) in [6.07, 6.45) is 0. The molecule has 0 radical (unpaired) electrons. The Hall–Kier alpha value is -2.01. The number of benzene rings is 1. The molecule has 0 saturated heterocycles. The summed E-state index contributed by atoms with van der Waals surface area (Å²) in [5.74, 6) is -0.770. The van der Waals surface area contributed by atoms with E-state index in [9.17, 15) is 9.59 Å². The molecule has 0 bridgehead atoms. The molecule has 1 aromatic heterocycles. The summed E-state index contributed by atoms with van der Waals surface area (Å²) < 4.78 is 4.63. The van der Waals surface area contributed by atoms with Gasteiger partial charge in [0.15, 0.2) is 11.5 Å². The van der Waals surface area contributed by atoms with Crippen LogP contribution in [0, 0.1) is 0 Å². The van der Waals surface area contributed by atoms with E-state index in [4.69, 9.17) is 0 Å². The molecule has 0 fully saturated rings. The maximum absolute atomic E-state index is 11.6. The van der Waals surface area contributed by atoms with Gasteiger partial charge in [-0.3, -0.25) is 4.79 Å². The Balaban J connectivity index is 2.53. The maximum atomic E-state index is 11.6. The Morgan fingerprint density at radius 2 is 1.89 bits per heavy atom. The van der Waals surface area contributed by atoms with Crippen molar-refractivity contribution in [3.05, 3.63) is 40.9 Å². The van der Waals surface area contributed by atoms with E-state index in [2.05, 4.69) is 9.72 Å². The fourth-order valence-corrected chi connectivity index (χ4v) is 2.45. The van der Waals surface area contributed by atoms with Crippen LogP contribution < -0.4 is 0 Å². The van der Waals surface area contributed by atoms with E-state index in [1.807, 2.05) is 30.3 Å². The van der Waals surface area contributed by atoms with Crippen LogP contribution >= 0.6 is 11.3 Å². The zero-order valence-corrected chi connectivity index (χ0v) is 10.8. The molecule has 0 aliphatic rings. The number of methoxy groups -OCH3 is 1. The molecule has 0 atom stereocenters. The molecule has 0 saturated carbocycles. The first kappa shape index (κ1) is 12.4. The average Bonchev–Trinajstić information content (AvgIpc) is 2.84. The number of rotatable bonds is 3. The van der Waals surface area contributed by atoms with Gasteiger partial charge in [-0.25, -0.2) is 9.78 Å². The quantitative estimate of drug-likeness (QED) is 0.629. The van der Waals surface area contributed by atoms with Crippen LogP contribution in [0.2, 0.25) is 0 Å². The Morgan fingerprint density at radius 1 is 1.22 bits per heavy atom. The van der Waals surface area contributed by atoms with Gasteiger partial charge in [-0.2, -0.15) is 0 Å². The fourth-order valence-electron chi connectivity index (χ4n) is 1.50. The lowest BCUT2D eigenvalue weighted by Crippen LogP contribution is -2.06. The summed E-state index contributed by atoms with van der Waals surface area (Å²) in [4.78, 5) is 27.6. The molecule has 0 aliphatic heterocycles. The van der Waals surface area contributed by atoms with E-state index in [-0.39, 0.29) is 11.5 Å². The summed E-state index contributed by atoms with van der Waals surface area (Å²) in [5.41, 5.74) is 0.967. The average molecular weight is 261 g/mol. The highest BCUT2D eigenvalue weighted by Crippen LogP contribution is 2.28. The van der Waals surface area contributed by atoms with Crippen molar-refractivity contribution in [3.8, 4) is 10.6 Å². The second-order valence-corrected chi connectivity index (χ2v) is 4.61. The number of aromatic nitrogens is 1. The molecule has 0 unspecified atom stereocenters. The van der Waals surface area contributed by atoms with Crippen LogP contribution in [-0.4, -0.2) is 23.8 Å². The number of ether oxygens (including phenoxy) is 1. The van der Waals surface area contributed by atoms with Crippen molar-refractivity contribution in [2.45, 2.75) is 6.92 Å². The molecule has 1 heterocycles. The topological polar surface area (TPSA) is 56.3 Å². The van der Waals surface area contributed by atoms with Crippen molar-refractivity contribution in [2.75, 3.05) is 7.11 Å². The van der Waals surface area contributed by atoms with Crippen LogP contribution in [0.25, 0.3) is 10.6 Å². The summed E-state index contributed by atoms with van der Waals surface area (Å²) >= 11 is 1.20. The number of esters is 1. The third-order valence-electron chi connectivity index (χ3n) is 2.35. The van der Waals surface area contributed by atoms with Gasteiger partial charge < -0.3 is 4.74 Å². The predicted octanol–water partition coefficient (Wildman–Crippen LogP) is 2.80. The predicted molar refractivity (Wildman–Crippen MR) is 68.9 cm³/mol. The highest BCUT2D eigenvalue weighted by Gasteiger charge is 2.22. The minimum Gasteiger partial charge on any atom is -0.464 e. The fraction of sp³-hybridized carbons (Fsp3) is 0.154. The van der Waals surface area contributed by atoms with Crippen molar-refractivity contribution >= 4 is 23.1 Å². The van der Waals surface area contributed by atoms with Crippen LogP contribution in [0.1, 0.15) is 27.1 Å². The normalized spacial score (nSPS) is 10.1. The lowest BCUT2D eigenvalue weighted by atomic mass is 10.2. The first-order valence-corrected chi connectivity index (χ1v) is 6.10. The van der Waals surface area contributed by atoms with Crippen molar-refractivity contribution in [3.63, 3.8) is 0 Å². The molecule has 1 aromatic carbocycles. The van der Waals surface area contributed by atoms with Gasteiger partial charge >= 0.3 is 5.97 Å². The van der Waals surface area contributed by atoms with Gasteiger partial charge in [0.2, 0.25) is 0 Å². The maximum Gasteiger partial charge on any atom is 0.358 e. The van der Waals surface area contributed by atoms with Gasteiger partial charge in [0.25, 0.3) is 0 Å². The summed E-state index contributed by atoms with van der Waals surface area (Å²) in [6.45, 7) is 1.41. The third kappa shape index (κ3) is 2.31. The molecule has 0 spiro atoms. The Morgan fingerprint density at radius 3 is 2.44 bits per heavy atom. The molecule has 0 aliphatic carbocycles. The minimum absolute atomic E-state index is 0.0915. The number of nitrogens with zero attached hydrogens (tertiary/aromatic N) is 1. The van der Waals surface area contributed by atoms with Gasteiger partial charge in [-0.05, 0) is 0 Å². The molecule has 0 N–H and O–H groups in total. The molecule has 2 rings (SSSR count). The number of Topliss-reactive ketones (excluding diaryl/α,β-unsaturated/α-hetero) is 1. The van der Waals surface area contributed by atoms with Crippen molar-refractivity contribution in [2.24, 2.45) is 0 Å². The van der Waals surface area contributed by atoms with Gasteiger partial charge in [0.05, 0.1) is 7.11 Å². The lowest BCUT2D eigenvalue weighted by molar-refractivity contribution is 0.0591. The number of thiazole rings is 1. The Kier molecular flexibility index (Phi) is 3.53. The van der Waals surface area contributed by atoms with Crippen molar-refractivity contribution in [1.82, 2.24) is 4.98 Å². The van der Waals surface area contributed by atoms with Crippen LogP contribution in [0.15, 0.2) is 30.3 Å². The zero-order chi connectivity index (χ0) is 13.1. The first-order valence-electron chi connectivity index (χ1n) is 5.29. The standard InChI is InChI=1S/C13H11NO3S/c1-8(15)11-10(13(16)17-2)14-12(18-11)9-6-4-3-5-7-9/h3-7H,1-2H3. The largest absolute Gasteiger partial charge is 0.464 e. The van der Waals surface area contributed by atoms with Crippen molar-refractivity contribution < 1.29 is 14.3 Å². The summed E-state index contributed by atoms with van der Waals surface area (Å²) in [7, 11) is 1.27. The van der Waals surface area contributed by atoms with E-state index >= 15 is 0 Å². The van der Waals surface area contributed by atoms with E-state index in [0.717, 1.165) is 5.56 Å². The van der Waals surface area contributed by atoms with E-state index < -0.39 is 5.97 Å². The highest BCUT2D eigenvalue weighted by atomic mass is 32.1. The van der Waals surface area contributed by atoms with Crippen LogP contribution in [0.5, 0.6) is 0 Å². The molecule has 18 heavy (non-hydrogen) atoms. The Bertz CT molecular complexity index is 590. The van der Waals surface area contributed by atoms with Gasteiger partial charge in [-0.1, -0.05) is 30.3 Å². The number of ketones is 1. The SMILES string of the molecule is COC(=O)c1nc(-c2ccccc2)sc1C(C)=O. The van der Waals surface area contributed by atoms with E-state index in [1.54, 1.807) is 0 Å². The summed E-state index contributed by atoms with van der Waals surface area (Å²) in [5, 5.41) is 0.640. The molecule has 4 nitrogen and oxygen atoms in total. The third-order valence-corrected chi connectivity index (χ3v) is 3.55. The zero-order valence-electron chi connectivity index (χ0n) is 9.97. The van der Waals surface area contributed by atoms with Gasteiger partial charge in [0, 0.05) is 12.5 Å². The number of carbonyl (C=O) groups excluding carboxylic acids is 2. The molecular weight excluding hydrogens is 250 g/mol. The molecule has 2 aromatic rings. The van der Waals surface area contributed by atoms with Crippen molar-refractivity contribution in [1.29, 1.82) is 0 Å². The monoisotopic (exact) mass is 261 g/mol. The molecule has 92 valence electrons. The van der Waals surface area contributed by atoms with Gasteiger partial charge in [-0.15, -0.1) is 11.3 Å². The summed E-state index contributed by atoms with van der Waals surface area (Å²) in [6, 6.07) is 9.40. The lowest BCUT2D eigenvalue weighted by Gasteiger charge is -1.95. The number of hydrogen-bond donors (Lipinski definition) is 0. The highest BCUT2D eigenvalue weighted by molar-refractivity contribution is 7.17. The molecular formula is C13H11NO3S. The van der Waals surface area contributed by atoms with Gasteiger partial charge in [0.1, 0.15) is 9.88 Å². The van der Waals surface area contributed by atoms with Crippen LogP contribution in [-0.2, 0) is 4.74 Å².